The van der Waals surface area contributed by atoms with Crippen LogP contribution in [0, 0.1) is 0 Å². The van der Waals surface area contributed by atoms with Crippen molar-refractivity contribution in [3.05, 3.63) is 64.4 Å². The second-order valence-electron chi connectivity index (χ2n) is 4.97. The van der Waals surface area contributed by atoms with Crippen molar-refractivity contribution in [2.45, 2.75) is 0 Å². The largest absolute Gasteiger partial charge is 0.497 e. The number of hydrogen-bond acceptors (Lipinski definition) is 4. The van der Waals surface area contributed by atoms with Crippen molar-refractivity contribution in [1.29, 1.82) is 0 Å². The molecule has 0 saturated heterocycles. The van der Waals surface area contributed by atoms with Crippen molar-refractivity contribution in [2.24, 2.45) is 0 Å². The first kappa shape index (κ1) is 14.8. The molecule has 116 valence electrons. The Labute approximate surface area is 132 Å². The van der Waals surface area contributed by atoms with Gasteiger partial charge in [-0.1, -0.05) is 30.3 Å². The molecule has 1 aromatic heterocycles. The number of H-pyrrole nitrogens is 1. The number of carbonyl (C=O) groups is 1. The topological polar surface area (TPSA) is 68.4 Å². The fourth-order valence-electron chi connectivity index (χ4n) is 2.60. The van der Waals surface area contributed by atoms with Gasteiger partial charge in [-0.05, 0) is 23.8 Å². The van der Waals surface area contributed by atoms with E-state index in [-0.39, 0.29) is 5.56 Å². The monoisotopic (exact) mass is 309 g/mol. The predicted molar refractivity (Wildman–Crippen MR) is 87.9 cm³/mol. The lowest BCUT2D eigenvalue weighted by molar-refractivity contribution is 0.0600. The van der Waals surface area contributed by atoms with Gasteiger partial charge in [-0.15, -0.1) is 0 Å². The van der Waals surface area contributed by atoms with Gasteiger partial charge in [0.25, 0.3) is 5.56 Å². The molecule has 5 nitrogen and oxygen atoms in total. The minimum Gasteiger partial charge on any atom is -0.497 e. The predicted octanol–water partition coefficient (Wildman–Crippen LogP) is 2.99. The minimum absolute atomic E-state index is 0.00336. The summed E-state index contributed by atoms with van der Waals surface area (Å²) in [6, 6.07) is 14.5. The van der Waals surface area contributed by atoms with Crippen molar-refractivity contribution in [3.8, 4) is 16.9 Å². The first-order valence-electron chi connectivity index (χ1n) is 7.03. The summed E-state index contributed by atoms with van der Waals surface area (Å²) in [5.74, 6) is 0.0327. The second kappa shape index (κ2) is 5.96. The molecule has 0 aliphatic rings. The maximum Gasteiger partial charge on any atom is 0.344 e. The van der Waals surface area contributed by atoms with Crippen LogP contribution < -0.4 is 10.3 Å². The molecular formula is C18H15NO4. The number of esters is 1. The van der Waals surface area contributed by atoms with E-state index in [1.54, 1.807) is 25.3 Å². The number of methoxy groups -OCH3 is 2. The Morgan fingerprint density at radius 1 is 1.00 bits per heavy atom. The zero-order valence-corrected chi connectivity index (χ0v) is 12.8. The molecule has 0 bridgehead atoms. The summed E-state index contributed by atoms with van der Waals surface area (Å²) in [6.45, 7) is 0. The molecule has 3 aromatic rings. The van der Waals surface area contributed by atoms with E-state index in [2.05, 4.69) is 4.98 Å². The highest BCUT2D eigenvalue weighted by molar-refractivity contribution is 6.06. The minimum atomic E-state index is -0.664. The number of aromatic nitrogens is 1. The Kier molecular flexibility index (Phi) is 3.85. The molecule has 0 aliphatic heterocycles. The van der Waals surface area contributed by atoms with Gasteiger partial charge in [-0.2, -0.15) is 0 Å². The third-order valence-electron chi connectivity index (χ3n) is 3.69. The standard InChI is InChI=1S/C18H15NO4/c1-22-12-9-7-11(8-10-12)15-13-5-3-4-6-14(13)19-17(20)16(15)18(21)23-2/h3-10H,1-2H3,(H,19,20). The Bertz CT molecular complexity index is 926. The van der Waals surface area contributed by atoms with Crippen molar-refractivity contribution >= 4 is 16.9 Å². The molecule has 2 aromatic carbocycles. The lowest BCUT2D eigenvalue weighted by atomic mass is 9.96. The van der Waals surface area contributed by atoms with E-state index < -0.39 is 11.5 Å². The number of benzene rings is 2. The average molecular weight is 309 g/mol. The Balaban J connectivity index is 2.39. The lowest BCUT2D eigenvalue weighted by Crippen LogP contribution is -2.20. The molecule has 1 N–H and O–H groups in total. The lowest BCUT2D eigenvalue weighted by Gasteiger charge is -2.12. The van der Waals surface area contributed by atoms with Crippen LogP contribution in [0.5, 0.6) is 5.75 Å². The molecular weight excluding hydrogens is 294 g/mol. The summed E-state index contributed by atoms with van der Waals surface area (Å²) in [5, 5.41) is 0.776. The number of carbonyl (C=O) groups excluding carboxylic acids is 1. The van der Waals surface area contributed by atoms with Crippen LogP contribution in [0.4, 0.5) is 0 Å². The molecule has 1 heterocycles. The van der Waals surface area contributed by atoms with Crippen LogP contribution in [0.3, 0.4) is 0 Å². The molecule has 0 amide bonds. The van der Waals surface area contributed by atoms with Gasteiger partial charge in [-0.25, -0.2) is 4.79 Å². The van der Waals surface area contributed by atoms with Gasteiger partial charge in [-0.3, -0.25) is 4.79 Å². The highest BCUT2D eigenvalue weighted by Gasteiger charge is 2.21. The molecule has 0 radical (unpaired) electrons. The van der Waals surface area contributed by atoms with Gasteiger partial charge in [0.05, 0.1) is 14.2 Å². The van der Waals surface area contributed by atoms with Gasteiger partial charge in [0.15, 0.2) is 0 Å². The summed E-state index contributed by atoms with van der Waals surface area (Å²) < 4.78 is 9.95. The van der Waals surface area contributed by atoms with Crippen LogP contribution in [-0.2, 0) is 4.74 Å². The fraction of sp³-hybridized carbons (Fsp3) is 0.111. The number of aromatic amines is 1. The number of para-hydroxylation sites is 1. The Hall–Kier alpha value is -3.08. The number of nitrogens with one attached hydrogen (secondary N) is 1. The van der Waals surface area contributed by atoms with Crippen LogP contribution in [0.2, 0.25) is 0 Å². The normalized spacial score (nSPS) is 10.5. The van der Waals surface area contributed by atoms with Gasteiger partial charge in [0, 0.05) is 16.5 Å². The molecule has 5 heteroatoms. The summed E-state index contributed by atoms with van der Waals surface area (Å²) in [5.41, 5.74) is 1.49. The molecule has 0 unspecified atom stereocenters. The first-order chi connectivity index (χ1) is 11.2. The average Bonchev–Trinajstić information content (AvgIpc) is 2.60. The zero-order chi connectivity index (χ0) is 16.4. The number of ether oxygens (including phenoxy) is 2. The van der Waals surface area contributed by atoms with Gasteiger partial charge in [0.2, 0.25) is 0 Å². The molecule has 0 atom stereocenters. The zero-order valence-electron chi connectivity index (χ0n) is 12.8. The van der Waals surface area contributed by atoms with E-state index in [1.165, 1.54) is 7.11 Å². The Morgan fingerprint density at radius 2 is 1.70 bits per heavy atom. The van der Waals surface area contributed by atoms with Crippen molar-refractivity contribution < 1.29 is 14.3 Å². The smallest absolute Gasteiger partial charge is 0.344 e. The third kappa shape index (κ3) is 2.57. The van der Waals surface area contributed by atoms with Crippen LogP contribution in [0.25, 0.3) is 22.0 Å². The summed E-state index contributed by atoms with van der Waals surface area (Å²) in [6.07, 6.45) is 0. The Morgan fingerprint density at radius 3 is 2.35 bits per heavy atom. The van der Waals surface area contributed by atoms with Crippen molar-refractivity contribution in [3.63, 3.8) is 0 Å². The van der Waals surface area contributed by atoms with Crippen LogP contribution in [0.1, 0.15) is 10.4 Å². The van der Waals surface area contributed by atoms with E-state index in [0.717, 1.165) is 10.9 Å². The summed E-state index contributed by atoms with van der Waals surface area (Å²) >= 11 is 0. The van der Waals surface area contributed by atoms with Gasteiger partial charge in [0.1, 0.15) is 11.3 Å². The van der Waals surface area contributed by atoms with E-state index in [9.17, 15) is 9.59 Å². The molecule has 0 aliphatic carbocycles. The molecule has 3 rings (SSSR count). The highest BCUT2D eigenvalue weighted by atomic mass is 16.5. The van der Waals surface area contributed by atoms with Crippen LogP contribution in [0.15, 0.2) is 53.3 Å². The van der Waals surface area contributed by atoms with E-state index in [4.69, 9.17) is 9.47 Å². The molecule has 23 heavy (non-hydrogen) atoms. The second-order valence-corrected chi connectivity index (χ2v) is 4.97. The summed E-state index contributed by atoms with van der Waals surface area (Å²) in [7, 11) is 2.84. The van der Waals surface area contributed by atoms with E-state index in [1.807, 2.05) is 30.3 Å². The van der Waals surface area contributed by atoms with Gasteiger partial charge >= 0.3 is 5.97 Å². The first-order valence-corrected chi connectivity index (χ1v) is 7.03. The SMILES string of the molecule is COC(=O)c1c(-c2ccc(OC)cc2)c2ccccc2[nH]c1=O. The van der Waals surface area contributed by atoms with Gasteiger partial charge < -0.3 is 14.5 Å². The quantitative estimate of drug-likeness (QED) is 0.755. The maximum absolute atomic E-state index is 12.4. The number of fused-ring (bicyclic) bond motifs is 1. The van der Waals surface area contributed by atoms with Crippen molar-refractivity contribution in [2.75, 3.05) is 14.2 Å². The van der Waals surface area contributed by atoms with Crippen LogP contribution in [-0.4, -0.2) is 25.2 Å². The molecule has 0 spiro atoms. The number of hydrogen-bond donors (Lipinski definition) is 1. The summed E-state index contributed by atoms with van der Waals surface area (Å²) in [4.78, 5) is 27.2. The highest BCUT2D eigenvalue weighted by Crippen LogP contribution is 2.31. The van der Waals surface area contributed by atoms with E-state index in [0.29, 0.717) is 16.8 Å². The maximum atomic E-state index is 12.4. The molecule has 0 fully saturated rings. The van der Waals surface area contributed by atoms with Crippen molar-refractivity contribution in [1.82, 2.24) is 4.98 Å². The fourth-order valence-corrected chi connectivity index (χ4v) is 2.60. The number of pyridine rings is 1. The molecule has 0 saturated carbocycles. The number of rotatable bonds is 3. The van der Waals surface area contributed by atoms with E-state index >= 15 is 0 Å². The van der Waals surface area contributed by atoms with Crippen LogP contribution >= 0.6 is 0 Å². The third-order valence-corrected chi connectivity index (χ3v) is 3.69.